The fraction of sp³-hybridized carbons (Fsp3) is 0.278. The van der Waals surface area contributed by atoms with Gasteiger partial charge in [-0.1, -0.05) is 29.8 Å². The van der Waals surface area contributed by atoms with Crippen LogP contribution in [0, 0.1) is 20.8 Å². The van der Waals surface area contributed by atoms with Gasteiger partial charge in [0, 0.05) is 23.3 Å². The zero-order chi connectivity index (χ0) is 17.4. The number of hydrogen-bond acceptors (Lipinski definition) is 3. The number of rotatable bonds is 4. The standard InChI is InChI=1S/C18H19N3O3/c1-11-4-6-14(7-5-11)9-20-12(2)15-8-19-21(10-16(22)23)18(24)17(15)13(20)3/h4-8H,9-10H2,1-3H3,(H,22,23). The van der Waals surface area contributed by atoms with Gasteiger partial charge >= 0.3 is 5.97 Å². The molecule has 2 heterocycles. The largest absolute Gasteiger partial charge is 0.480 e. The smallest absolute Gasteiger partial charge is 0.325 e. The summed E-state index contributed by atoms with van der Waals surface area (Å²) in [6, 6.07) is 8.26. The first-order chi connectivity index (χ1) is 11.4. The first-order valence-electron chi connectivity index (χ1n) is 7.71. The number of aryl methyl sites for hydroxylation is 3. The van der Waals surface area contributed by atoms with Crippen LogP contribution in [0.25, 0.3) is 10.8 Å². The van der Waals surface area contributed by atoms with Crippen LogP contribution in [-0.2, 0) is 17.9 Å². The normalized spacial score (nSPS) is 11.1. The van der Waals surface area contributed by atoms with Gasteiger partial charge in [-0.25, -0.2) is 4.68 Å². The van der Waals surface area contributed by atoms with E-state index < -0.39 is 12.5 Å². The summed E-state index contributed by atoms with van der Waals surface area (Å²) in [6.07, 6.45) is 1.58. The van der Waals surface area contributed by atoms with E-state index in [0.717, 1.165) is 27.0 Å². The fourth-order valence-electron chi connectivity index (χ4n) is 3.00. The molecule has 6 heteroatoms. The number of hydrogen-bond donors (Lipinski definition) is 1. The van der Waals surface area contributed by atoms with Crippen LogP contribution < -0.4 is 5.56 Å². The Kier molecular flexibility index (Phi) is 3.97. The van der Waals surface area contributed by atoms with Gasteiger partial charge in [0.05, 0.1) is 11.6 Å². The summed E-state index contributed by atoms with van der Waals surface area (Å²) in [7, 11) is 0. The molecule has 3 aromatic rings. The zero-order valence-corrected chi connectivity index (χ0v) is 13.9. The summed E-state index contributed by atoms with van der Waals surface area (Å²) < 4.78 is 3.07. The molecule has 0 atom stereocenters. The first-order valence-corrected chi connectivity index (χ1v) is 7.71. The Balaban J connectivity index is 2.12. The monoisotopic (exact) mass is 325 g/mol. The molecule has 1 aromatic carbocycles. The number of carboxylic acids is 1. The lowest BCUT2D eigenvalue weighted by molar-refractivity contribution is -0.137. The van der Waals surface area contributed by atoms with Crippen molar-refractivity contribution in [2.24, 2.45) is 0 Å². The van der Waals surface area contributed by atoms with Gasteiger partial charge in [0.1, 0.15) is 6.54 Å². The lowest BCUT2D eigenvalue weighted by Gasteiger charge is -2.09. The van der Waals surface area contributed by atoms with Gasteiger partial charge in [-0.3, -0.25) is 9.59 Å². The SMILES string of the molecule is Cc1ccc(Cn2c(C)c3cnn(CC(=O)O)c(=O)c3c2C)cc1. The number of fused-ring (bicyclic) bond motifs is 1. The number of benzene rings is 1. The molecule has 0 aliphatic carbocycles. The minimum absolute atomic E-state index is 0.363. The van der Waals surface area contributed by atoms with Crippen molar-refractivity contribution in [3.8, 4) is 0 Å². The Labute approximate surface area is 139 Å². The highest BCUT2D eigenvalue weighted by atomic mass is 16.4. The number of nitrogens with zero attached hydrogens (tertiary/aromatic N) is 3. The minimum atomic E-state index is -1.09. The van der Waals surface area contributed by atoms with Crippen LogP contribution in [0.15, 0.2) is 35.3 Å². The second kappa shape index (κ2) is 5.96. The molecule has 0 spiro atoms. The number of aromatic nitrogens is 3. The van der Waals surface area contributed by atoms with Gasteiger partial charge in [0.25, 0.3) is 5.56 Å². The number of carboxylic acid groups (broad SMARTS) is 1. The van der Waals surface area contributed by atoms with E-state index in [1.54, 1.807) is 6.20 Å². The van der Waals surface area contributed by atoms with Crippen molar-refractivity contribution in [3.63, 3.8) is 0 Å². The fourth-order valence-corrected chi connectivity index (χ4v) is 3.00. The first kappa shape index (κ1) is 16.0. The van der Waals surface area contributed by atoms with E-state index in [1.165, 1.54) is 5.56 Å². The number of aliphatic carboxylic acids is 1. The molecule has 24 heavy (non-hydrogen) atoms. The van der Waals surface area contributed by atoms with Gasteiger partial charge in [0.2, 0.25) is 0 Å². The van der Waals surface area contributed by atoms with E-state index in [-0.39, 0.29) is 5.56 Å². The molecule has 0 fully saturated rings. The molecule has 2 aromatic heterocycles. The maximum atomic E-state index is 12.6. The van der Waals surface area contributed by atoms with E-state index in [2.05, 4.69) is 33.9 Å². The van der Waals surface area contributed by atoms with Gasteiger partial charge in [0.15, 0.2) is 0 Å². The molecule has 0 amide bonds. The topological polar surface area (TPSA) is 77.1 Å². The minimum Gasteiger partial charge on any atom is -0.480 e. The summed E-state index contributed by atoms with van der Waals surface area (Å²) in [6.45, 7) is 6.10. The molecule has 0 bridgehead atoms. The summed E-state index contributed by atoms with van der Waals surface area (Å²) in [5.41, 5.74) is 3.76. The lowest BCUT2D eigenvalue weighted by atomic mass is 10.1. The summed E-state index contributed by atoms with van der Waals surface area (Å²) in [5.74, 6) is -1.09. The molecule has 0 radical (unpaired) electrons. The third-order valence-electron chi connectivity index (χ3n) is 4.35. The molecule has 3 rings (SSSR count). The maximum Gasteiger partial charge on any atom is 0.325 e. The molecule has 0 saturated heterocycles. The van der Waals surface area contributed by atoms with E-state index in [1.807, 2.05) is 20.8 Å². The van der Waals surface area contributed by atoms with Crippen molar-refractivity contribution >= 4 is 16.7 Å². The predicted molar refractivity (Wildman–Crippen MR) is 91.4 cm³/mol. The summed E-state index contributed by atoms with van der Waals surface area (Å²) in [4.78, 5) is 23.4. The van der Waals surface area contributed by atoms with Crippen LogP contribution in [0.5, 0.6) is 0 Å². The second-order valence-electron chi connectivity index (χ2n) is 6.03. The van der Waals surface area contributed by atoms with E-state index >= 15 is 0 Å². The van der Waals surface area contributed by atoms with Crippen molar-refractivity contribution in [2.75, 3.05) is 0 Å². The van der Waals surface area contributed by atoms with Crippen molar-refractivity contribution in [2.45, 2.75) is 33.9 Å². The average Bonchev–Trinajstić information content (AvgIpc) is 2.77. The molecule has 124 valence electrons. The van der Waals surface area contributed by atoms with E-state index in [9.17, 15) is 9.59 Å². The Morgan fingerprint density at radius 2 is 1.79 bits per heavy atom. The number of carbonyl (C=O) groups is 1. The molecular weight excluding hydrogens is 306 g/mol. The third-order valence-corrected chi connectivity index (χ3v) is 4.35. The molecule has 0 unspecified atom stereocenters. The lowest BCUT2D eigenvalue weighted by Crippen LogP contribution is -2.26. The maximum absolute atomic E-state index is 12.6. The molecule has 0 aliphatic rings. The van der Waals surface area contributed by atoms with Crippen molar-refractivity contribution in [1.29, 1.82) is 0 Å². The van der Waals surface area contributed by atoms with Crippen molar-refractivity contribution in [1.82, 2.24) is 14.3 Å². The highest BCUT2D eigenvalue weighted by Crippen LogP contribution is 2.23. The van der Waals surface area contributed by atoms with Gasteiger partial charge in [-0.05, 0) is 26.3 Å². The van der Waals surface area contributed by atoms with E-state index in [0.29, 0.717) is 11.9 Å². The highest BCUT2D eigenvalue weighted by molar-refractivity contribution is 5.87. The van der Waals surface area contributed by atoms with Gasteiger partial charge < -0.3 is 9.67 Å². The average molecular weight is 325 g/mol. The van der Waals surface area contributed by atoms with Crippen LogP contribution in [0.3, 0.4) is 0 Å². The van der Waals surface area contributed by atoms with Crippen LogP contribution in [0.2, 0.25) is 0 Å². The Bertz CT molecular complexity index is 981. The third kappa shape index (κ3) is 2.71. The Hall–Kier alpha value is -2.89. The molecule has 0 aliphatic heterocycles. The summed E-state index contributed by atoms with van der Waals surface area (Å²) >= 11 is 0. The van der Waals surface area contributed by atoms with Crippen LogP contribution in [0.1, 0.15) is 22.5 Å². The Morgan fingerprint density at radius 1 is 1.12 bits per heavy atom. The summed E-state index contributed by atoms with van der Waals surface area (Å²) in [5, 5.41) is 14.2. The quantitative estimate of drug-likeness (QED) is 0.798. The van der Waals surface area contributed by atoms with Crippen molar-refractivity contribution < 1.29 is 9.90 Å². The predicted octanol–water partition coefficient (Wildman–Crippen LogP) is 2.26. The zero-order valence-electron chi connectivity index (χ0n) is 13.9. The molecule has 0 saturated carbocycles. The van der Waals surface area contributed by atoms with Crippen LogP contribution in [0.4, 0.5) is 0 Å². The molecule has 6 nitrogen and oxygen atoms in total. The van der Waals surface area contributed by atoms with Gasteiger partial charge in [-0.2, -0.15) is 5.10 Å². The Morgan fingerprint density at radius 3 is 2.42 bits per heavy atom. The van der Waals surface area contributed by atoms with Gasteiger partial charge in [-0.15, -0.1) is 0 Å². The second-order valence-corrected chi connectivity index (χ2v) is 6.03. The van der Waals surface area contributed by atoms with Crippen molar-refractivity contribution in [3.05, 3.63) is 63.3 Å². The van der Waals surface area contributed by atoms with Crippen LogP contribution in [-0.4, -0.2) is 25.4 Å². The van der Waals surface area contributed by atoms with E-state index in [4.69, 9.17) is 5.11 Å². The highest BCUT2D eigenvalue weighted by Gasteiger charge is 2.17. The molecular formula is C18H19N3O3. The molecule has 1 N–H and O–H groups in total. The van der Waals surface area contributed by atoms with Crippen LogP contribution >= 0.6 is 0 Å².